The number of hydrogen-bond acceptors (Lipinski definition) is 2. The summed E-state index contributed by atoms with van der Waals surface area (Å²) in [5.74, 6) is 3.21. The van der Waals surface area contributed by atoms with Gasteiger partial charge in [-0.2, -0.15) is 5.10 Å². The lowest BCUT2D eigenvalue weighted by Crippen LogP contribution is -2.51. The highest BCUT2D eigenvalue weighted by atomic mass is 35.5. The van der Waals surface area contributed by atoms with Gasteiger partial charge in [0.05, 0.1) is 6.20 Å². The van der Waals surface area contributed by atoms with Crippen molar-refractivity contribution in [1.82, 2.24) is 10.2 Å². The molecule has 2 N–H and O–H groups in total. The van der Waals surface area contributed by atoms with E-state index in [1.54, 1.807) is 0 Å². The average molecular weight is 341 g/mol. The molecule has 3 nitrogen and oxygen atoms in total. The van der Waals surface area contributed by atoms with Crippen LogP contribution < -0.4 is 0 Å². The van der Waals surface area contributed by atoms with Crippen LogP contribution in [0.3, 0.4) is 0 Å². The molecule has 1 aromatic heterocycles. The number of H-pyrrole nitrogens is 1. The Labute approximate surface area is 147 Å². The first-order chi connectivity index (χ1) is 11.7. The summed E-state index contributed by atoms with van der Waals surface area (Å²) in [6.45, 7) is 0. The molecule has 4 heteroatoms. The lowest BCUT2D eigenvalue weighted by atomic mass is 9.54. The number of aromatic amines is 1. The maximum atomic E-state index is 10.8. The Hall–Kier alpha value is -1.76. The van der Waals surface area contributed by atoms with E-state index in [0.29, 0.717) is 18.8 Å². The Kier molecular flexibility index (Phi) is 3.90. The van der Waals surface area contributed by atoms with Crippen molar-refractivity contribution in [1.29, 1.82) is 0 Å². The molecule has 2 aliphatic rings. The fourth-order valence-electron chi connectivity index (χ4n) is 4.79. The fourth-order valence-corrected chi connectivity index (χ4v) is 4.97. The molecule has 2 aliphatic carbocycles. The van der Waals surface area contributed by atoms with Gasteiger partial charge in [-0.15, -0.1) is 0 Å². The second kappa shape index (κ2) is 5.95. The van der Waals surface area contributed by atoms with Crippen LogP contribution in [0.15, 0.2) is 36.5 Å². The third-order valence-corrected chi connectivity index (χ3v) is 6.06. The lowest BCUT2D eigenvalue weighted by molar-refractivity contribution is -0.00919. The van der Waals surface area contributed by atoms with Crippen LogP contribution in [-0.4, -0.2) is 20.9 Å². The number of aromatic nitrogens is 2. The second-order valence-corrected chi connectivity index (χ2v) is 7.47. The molecule has 0 unspecified atom stereocenters. The van der Waals surface area contributed by atoms with E-state index in [4.69, 9.17) is 11.6 Å². The Morgan fingerprint density at radius 1 is 1.29 bits per heavy atom. The highest BCUT2D eigenvalue weighted by molar-refractivity contribution is 6.30. The molecule has 0 spiro atoms. The van der Waals surface area contributed by atoms with E-state index in [1.165, 1.54) is 16.8 Å². The van der Waals surface area contributed by atoms with E-state index >= 15 is 0 Å². The minimum absolute atomic E-state index is 0.00561. The summed E-state index contributed by atoms with van der Waals surface area (Å²) in [5, 5.41) is 20.8. The standard InChI is InChI=1S/C20H21ClN2O/c21-11-10-19(24)8-9-20(12-15-4-2-1-3-5-15)17(13-19)7-6-16-14-22-23-18(16)20/h1-5,14,17,24H,6-9,12-13H2,(H,22,23)/t17-,19+,20+/m0/s1. The van der Waals surface area contributed by atoms with Crippen molar-refractivity contribution in [2.45, 2.75) is 49.5 Å². The van der Waals surface area contributed by atoms with Crippen molar-refractivity contribution in [3.05, 3.63) is 53.3 Å². The minimum atomic E-state index is -0.954. The predicted octanol–water partition coefficient (Wildman–Crippen LogP) is 3.57. The molecular weight excluding hydrogens is 320 g/mol. The molecule has 0 amide bonds. The smallest absolute Gasteiger partial charge is 0.127 e. The molecular formula is C20H21ClN2O. The van der Waals surface area contributed by atoms with Crippen molar-refractivity contribution < 1.29 is 5.11 Å². The molecule has 0 saturated heterocycles. The number of rotatable bonds is 2. The summed E-state index contributed by atoms with van der Waals surface area (Å²) in [7, 11) is 0. The molecule has 2 aromatic rings. The van der Waals surface area contributed by atoms with Gasteiger partial charge in [-0.1, -0.05) is 36.3 Å². The van der Waals surface area contributed by atoms with Crippen LogP contribution in [0.1, 0.15) is 42.5 Å². The number of benzene rings is 1. The molecule has 0 bridgehead atoms. The van der Waals surface area contributed by atoms with E-state index in [2.05, 4.69) is 51.8 Å². The molecule has 1 saturated carbocycles. The summed E-state index contributed by atoms with van der Waals surface area (Å²) in [5.41, 5.74) is 2.98. The van der Waals surface area contributed by atoms with Crippen LogP contribution in [-0.2, 0) is 18.3 Å². The third kappa shape index (κ3) is 2.55. The summed E-state index contributed by atoms with van der Waals surface area (Å²) < 4.78 is 0. The average Bonchev–Trinajstić information content (AvgIpc) is 3.06. The summed E-state index contributed by atoms with van der Waals surface area (Å²) >= 11 is 5.59. The Bertz CT molecular complexity index is 791. The predicted molar refractivity (Wildman–Crippen MR) is 94.7 cm³/mol. The highest BCUT2D eigenvalue weighted by Crippen LogP contribution is 2.53. The summed E-state index contributed by atoms with van der Waals surface area (Å²) in [6.07, 6.45) is 7.23. The monoisotopic (exact) mass is 340 g/mol. The van der Waals surface area contributed by atoms with Crippen LogP contribution in [0.5, 0.6) is 0 Å². The first-order valence-electron chi connectivity index (χ1n) is 8.57. The number of fused-ring (bicyclic) bond motifs is 3. The number of hydrogen-bond donors (Lipinski definition) is 2. The topological polar surface area (TPSA) is 48.9 Å². The summed E-state index contributed by atoms with van der Waals surface area (Å²) in [6, 6.07) is 10.6. The SMILES string of the molecule is O[C@@]1(C#CCl)CC[C@]2(Cc3ccccc3)c3[nH]ncc3CC[C@H]2C1. The Morgan fingerprint density at radius 3 is 2.92 bits per heavy atom. The first-order valence-corrected chi connectivity index (χ1v) is 8.95. The molecule has 3 atom stereocenters. The number of nitrogens with one attached hydrogen (secondary N) is 1. The van der Waals surface area contributed by atoms with Crippen molar-refractivity contribution in [2.75, 3.05) is 0 Å². The van der Waals surface area contributed by atoms with Gasteiger partial charge < -0.3 is 5.11 Å². The Balaban J connectivity index is 1.75. The van der Waals surface area contributed by atoms with Gasteiger partial charge in [0.1, 0.15) is 5.60 Å². The van der Waals surface area contributed by atoms with Crippen LogP contribution in [0.2, 0.25) is 0 Å². The highest BCUT2D eigenvalue weighted by Gasteiger charge is 2.52. The second-order valence-electron chi connectivity index (χ2n) is 7.28. The van der Waals surface area contributed by atoms with Crippen LogP contribution in [0.4, 0.5) is 0 Å². The van der Waals surface area contributed by atoms with Gasteiger partial charge in [0, 0.05) is 16.5 Å². The van der Waals surface area contributed by atoms with Crippen molar-refractivity contribution >= 4 is 11.6 Å². The maximum Gasteiger partial charge on any atom is 0.127 e. The van der Waals surface area contributed by atoms with Crippen LogP contribution in [0, 0.1) is 17.2 Å². The molecule has 1 aromatic carbocycles. The van der Waals surface area contributed by atoms with E-state index in [9.17, 15) is 5.11 Å². The molecule has 1 heterocycles. The fraction of sp³-hybridized carbons (Fsp3) is 0.450. The van der Waals surface area contributed by atoms with Gasteiger partial charge in [0.2, 0.25) is 0 Å². The van der Waals surface area contributed by atoms with Gasteiger partial charge >= 0.3 is 0 Å². The molecule has 124 valence electrons. The van der Waals surface area contributed by atoms with Crippen LogP contribution in [0.25, 0.3) is 0 Å². The third-order valence-electron chi connectivity index (χ3n) is 5.97. The Morgan fingerprint density at radius 2 is 2.12 bits per heavy atom. The van der Waals surface area contributed by atoms with Crippen molar-refractivity contribution in [2.24, 2.45) is 5.92 Å². The molecule has 1 fully saturated rings. The zero-order valence-electron chi connectivity index (χ0n) is 13.6. The van der Waals surface area contributed by atoms with Gasteiger partial charge in [-0.3, -0.25) is 5.10 Å². The molecule has 0 aliphatic heterocycles. The zero-order valence-corrected chi connectivity index (χ0v) is 14.3. The number of nitrogens with zero attached hydrogens (tertiary/aromatic N) is 1. The summed E-state index contributed by atoms with van der Waals surface area (Å²) in [4.78, 5) is 0. The largest absolute Gasteiger partial charge is 0.378 e. The van der Waals surface area contributed by atoms with E-state index < -0.39 is 5.60 Å². The quantitative estimate of drug-likeness (QED) is 0.821. The van der Waals surface area contributed by atoms with E-state index in [1.807, 2.05) is 6.20 Å². The normalized spacial score (nSPS) is 31.5. The minimum Gasteiger partial charge on any atom is -0.378 e. The lowest BCUT2D eigenvalue weighted by Gasteiger charge is -2.50. The zero-order chi connectivity index (χ0) is 16.6. The van der Waals surface area contributed by atoms with Gasteiger partial charge in [0.25, 0.3) is 0 Å². The van der Waals surface area contributed by atoms with Gasteiger partial charge in [-0.05, 0) is 67.2 Å². The van der Waals surface area contributed by atoms with Crippen molar-refractivity contribution in [3.8, 4) is 11.3 Å². The van der Waals surface area contributed by atoms with E-state index in [0.717, 1.165) is 25.7 Å². The number of aryl methyl sites for hydroxylation is 1. The molecule has 24 heavy (non-hydrogen) atoms. The first kappa shape index (κ1) is 15.7. The number of halogens is 1. The van der Waals surface area contributed by atoms with Gasteiger partial charge in [0.15, 0.2) is 0 Å². The van der Waals surface area contributed by atoms with Gasteiger partial charge in [-0.25, -0.2) is 0 Å². The maximum absolute atomic E-state index is 10.8. The molecule has 4 rings (SSSR count). The number of aliphatic hydroxyl groups is 1. The molecule has 0 radical (unpaired) electrons. The van der Waals surface area contributed by atoms with E-state index in [-0.39, 0.29) is 5.41 Å². The van der Waals surface area contributed by atoms with Crippen LogP contribution >= 0.6 is 11.6 Å². The van der Waals surface area contributed by atoms with Crippen molar-refractivity contribution in [3.63, 3.8) is 0 Å².